The molecule has 9 heavy (non-hydrogen) atoms. The van der Waals surface area contributed by atoms with Gasteiger partial charge in [-0.15, -0.1) is 0 Å². The number of hydrogen-bond acceptors (Lipinski definition) is 0. The van der Waals surface area contributed by atoms with Gasteiger partial charge in [0.25, 0.3) is 0 Å². The summed E-state index contributed by atoms with van der Waals surface area (Å²) in [5.74, 6) is 0.868. The van der Waals surface area contributed by atoms with Crippen LogP contribution in [0.1, 0.15) is 40.0 Å². The molecular formula is C9H18. The van der Waals surface area contributed by atoms with Gasteiger partial charge in [-0.2, -0.15) is 0 Å². The van der Waals surface area contributed by atoms with E-state index in [0.717, 1.165) is 5.92 Å². The van der Waals surface area contributed by atoms with E-state index in [1.54, 1.807) is 0 Å². The molecule has 0 spiro atoms. The van der Waals surface area contributed by atoms with Crippen LogP contribution in [0.15, 0.2) is 12.2 Å². The Hall–Kier alpha value is -0.260. The van der Waals surface area contributed by atoms with Crippen molar-refractivity contribution in [2.75, 3.05) is 0 Å². The van der Waals surface area contributed by atoms with Gasteiger partial charge >= 0.3 is 0 Å². The Morgan fingerprint density at radius 1 is 1.22 bits per heavy atom. The van der Waals surface area contributed by atoms with Gasteiger partial charge in [0.1, 0.15) is 0 Å². The summed E-state index contributed by atoms with van der Waals surface area (Å²) < 4.78 is 0. The van der Waals surface area contributed by atoms with Gasteiger partial charge in [0, 0.05) is 0 Å². The molecule has 0 aromatic heterocycles. The summed E-state index contributed by atoms with van der Waals surface area (Å²) in [7, 11) is 0. The maximum Gasteiger partial charge on any atom is -0.0325 e. The smallest absolute Gasteiger partial charge is 0.0325 e. The number of hydrogen-bond donors (Lipinski definition) is 0. The third kappa shape index (κ3) is 5.61. The van der Waals surface area contributed by atoms with E-state index in [-0.39, 0.29) is 0 Å². The van der Waals surface area contributed by atoms with Crippen molar-refractivity contribution in [2.45, 2.75) is 40.0 Å². The van der Waals surface area contributed by atoms with E-state index in [2.05, 4.69) is 32.9 Å². The van der Waals surface area contributed by atoms with Crippen molar-refractivity contribution in [1.82, 2.24) is 0 Å². The summed E-state index contributed by atoms with van der Waals surface area (Å²) in [5.41, 5.74) is 0. The summed E-state index contributed by atoms with van der Waals surface area (Å²) in [6, 6.07) is 0. The Bertz CT molecular complexity index is 72.1. The molecule has 0 aliphatic rings. The van der Waals surface area contributed by atoms with Crippen LogP contribution in [0.2, 0.25) is 0 Å². The Morgan fingerprint density at radius 3 is 2.33 bits per heavy atom. The summed E-state index contributed by atoms with van der Waals surface area (Å²) in [6.07, 6.45) is 8.26. The maximum absolute atomic E-state index is 2.29. The van der Waals surface area contributed by atoms with E-state index in [0.29, 0.717) is 0 Å². The summed E-state index contributed by atoms with van der Waals surface area (Å²) in [5, 5.41) is 0. The quantitative estimate of drug-likeness (QED) is 0.506. The average molecular weight is 126 g/mol. The Morgan fingerprint density at radius 2 is 1.89 bits per heavy atom. The van der Waals surface area contributed by atoms with E-state index in [9.17, 15) is 0 Å². The lowest BCUT2D eigenvalue weighted by Gasteiger charge is -2.01. The van der Waals surface area contributed by atoms with Gasteiger partial charge in [-0.25, -0.2) is 0 Å². The first kappa shape index (κ1) is 8.74. The number of rotatable bonds is 4. The fourth-order valence-electron chi connectivity index (χ4n) is 0.662. The van der Waals surface area contributed by atoms with E-state index in [1.807, 2.05) is 0 Å². The number of allylic oxidation sites excluding steroid dienone is 2. The second-order valence-electron chi connectivity index (χ2n) is 2.63. The Labute approximate surface area is 59.0 Å². The van der Waals surface area contributed by atoms with Gasteiger partial charge in [0.15, 0.2) is 0 Å². The molecule has 0 heteroatoms. The predicted molar refractivity (Wildman–Crippen MR) is 43.5 cm³/mol. The molecule has 0 radical (unpaired) electrons. The van der Waals surface area contributed by atoms with Crippen LogP contribution < -0.4 is 0 Å². The Kier molecular flexibility index (Phi) is 5.70. The second-order valence-corrected chi connectivity index (χ2v) is 2.63. The van der Waals surface area contributed by atoms with E-state index >= 15 is 0 Å². The molecule has 0 bridgehead atoms. The molecule has 0 saturated heterocycles. The van der Waals surface area contributed by atoms with Crippen molar-refractivity contribution in [3.05, 3.63) is 12.2 Å². The molecule has 0 rings (SSSR count). The molecule has 1 atom stereocenters. The normalized spacial score (nSPS) is 14.6. The standard InChI is InChI=1S/C9H18/c1-4-6-7-8-9(3)5-2/h6-7,9H,4-5,8H2,1-3H3/b7-6-/t9-/m1/s1. The molecule has 0 saturated carbocycles. The van der Waals surface area contributed by atoms with Crippen molar-refractivity contribution in [3.63, 3.8) is 0 Å². The summed E-state index contributed by atoms with van der Waals surface area (Å²) >= 11 is 0. The zero-order chi connectivity index (χ0) is 7.11. The predicted octanol–water partition coefficient (Wildman–Crippen LogP) is 3.39. The van der Waals surface area contributed by atoms with Crippen LogP contribution in [-0.4, -0.2) is 0 Å². The first-order chi connectivity index (χ1) is 4.31. The van der Waals surface area contributed by atoms with Crippen LogP contribution in [0, 0.1) is 5.92 Å². The van der Waals surface area contributed by atoms with Crippen LogP contribution in [-0.2, 0) is 0 Å². The van der Waals surface area contributed by atoms with Gasteiger partial charge in [-0.1, -0.05) is 39.3 Å². The topological polar surface area (TPSA) is 0 Å². The Balaban J connectivity index is 3.15. The zero-order valence-corrected chi connectivity index (χ0v) is 6.85. The molecule has 0 aromatic rings. The van der Waals surface area contributed by atoms with E-state index < -0.39 is 0 Å². The highest BCUT2D eigenvalue weighted by Gasteiger charge is 1.91. The van der Waals surface area contributed by atoms with Crippen LogP contribution >= 0.6 is 0 Å². The lowest BCUT2D eigenvalue weighted by molar-refractivity contribution is 0.571. The third-order valence-corrected chi connectivity index (χ3v) is 1.64. The van der Waals surface area contributed by atoms with Crippen molar-refractivity contribution in [2.24, 2.45) is 5.92 Å². The lowest BCUT2D eigenvalue weighted by Crippen LogP contribution is -1.87. The molecule has 0 aromatic carbocycles. The minimum Gasteiger partial charge on any atom is -0.0888 e. The fraction of sp³-hybridized carbons (Fsp3) is 0.778. The van der Waals surface area contributed by atoms with Gasteiger partial charge in [-0.05, 0) is 18.8 Å². The molecule has 0 heterocycles. The molecule has 0 fully saturated rings. The van der Waals surface area contributed by atoms with Gasteiger partial charge in [0.05, 0.1) is 0 Å². The minimum atomic E-state index is 0.868. The van der Waals surface area contributed by atoms with Crippen LogP contribution in [0.25, 0.3) is 0 Å². The molecule has 0 nitrogen and oxygen atoms in total. The van der Waals surface area contributed by atoms with Gasteiger partial charge < -0.3 is 0 Å². The molecule has 0 aliphatic heterocycles. The highest BCUT2D eigenvalue weighted by atomic mass is 14.0. The molecule has 0 amide bonds. The SMILES string of the molecule is CC/C=C\C[C@H](C)CC. The van der Waals surface area contributed by atoms with Crippen molar-refractivity contribution < 1.29 is 0 Å². The van der Waals surface area contributed by atoms with Crippen LogP contribution in [0.4, 0.5) is 0 Å². The highest BCUT2D eigenvalue weighted by molar-refractivity contribution is 4.81. The highest BCUT2D eigenvalue weighted by Crippen LogP contribution is 2.06. The average Bonchev–Trinajstić information content (AvgIpc) is 1.89. The molecule has 0 aliphatic carbocycles. The fourth-order valence-corrected chi connectivity index (χ4v) is 0.662. The summed E-state index contributed by atoms with van der Waals surface area (Å²) in [4.78, 5) is 0. The van der Waals surface area contributed by atoms with E-state index in [1.165, 1.54) is 19.3 Å². The molecule has 54 valence electrons. The minimum absolute atomic E-state index is 0.868. The monoisotopic (exact) mass is 126 g/mol. The van der Waals surface area contributed by atoms with Crippen molar-refractivity contribution in [1.29, 1.82) is 0 Å². The largest absolute Gasteiger partial charge is 0.0888 e. The molecule has 0 unspecified atom stereocenters. The van der Waals surface area contributed by atoms with Crippen molar-refractivity contribution in [3.8, 4) is 0 Å². The van der Waals surface area contributed by atoms with Crippen molar-refractivity contribution >= 4 is 0 Å². The maximum atomic E-state index is 2.29. The van der Waals surface area contributed by atoms with Gasteiger partial charge in [-0.3, -0.25) is 0 Å². The zero-order valence-electron chi connectivity index (χ0n) is 6.85. The van der Waals surface area contributed by atoms with Crippen LogP contribution in [0.5, 0.6) is 0 Å². The molecular weight excluding hydrogens is 108 g/mol. The first-order valence-electron chi connectivity index (χ1n) is 3.96. The molecule has 0 N–H and O–H groups in total. The summed E-state index contributed by atoms with van der Waals surface area (Å²) in [6.45, 7) is 6.71. The lowest BCUT2D eigenvalue weighted by atomic mass is 10.1. The van der Waals surface area contributed by atoms with Crippen LogP contribution in [0.3, 0.4) is 0 Å². The van der Waals surface area contributed by atoms with Gasteiger partial charge in [0.2, 0.25) is 0 Å². The second kappa shape index (κ2) is 5.87. The third-order valence-electron chi connectivity index (χ3n) is 1.64. The van der Waals surface area contributed by atoms with E-state index in [4.69, 9.17) is 0 Å². The first-order valence-corrected chi connectivity index (χ1v) is 3.96.